The lowest BCUT2D eigenvalue weighted by molar-refractivity contribution is -0.150. The van der Waals surface area contributed by atoms with Gasteiger partial charge in [-0.15, -0.1) is 0 Å². The maximum absolute atomic E-state index is 14.7. The smallest absolute Gasteiger partial charge is 0.240 e. The van der Waals surface area contributed by atoms with Crippen LogP contribution in [0.3, 0.4) is 0 Å². The van der Waals surface area contributed by atoms with Gasteiger partial charge in [-0.1, -0.05) is 36.4 Å². The number of rotatable bonds is 3. The number of hydrogen-bond donors (Lipinski definition) is 0. The number of anilines is 2. The van der Waals surface area contributed by atoms with Gasteiger partial charge in [0.15, 0.2) is 0 Å². The quantitative estimate of drug-likeness (QED) is 0.536. The van der Waals surface area contributed by atoms with Crippen LogP contribution in [0.2, 0.25) is 0 Å². The monoisotopic (exact) mass is 468 g/mol. The van der Waals surface area contributed by atoms with Crippen LogP contribution in [0, 0.1) is 29.1 Å². The summed E-state index contributed by atoms with van der Waals surface area (Å²) in [6, 6.07) is 16.8. The molecule has 0 radical (unpaired) electrons. The molecule has 0 N–H and O–H groups in total. The van der Waals surface area contributed by atoms with E-state index >= 15 is 0 Å². The maximum Gasteiger partial charge on any atom is 0.240 e. The van der Waals surface area contributed by atoms with Crippen molar-refractivity contribution in [3.8, 4) is 0 Å². The third-order valence-corrected chi connectivity index (χ3v) is 10.1. The first-order chi connectivity index (χ1) is 16.9. The second-order valence-electron chi connectivity index (χ2n) is 12.5. The molecule has 4 fully saturated rings. The molecule has 2 aromatic carbocycles. The second kappa shape index (κ2) is 7.69. The van der Waals surface area contributed by atoms with Gasteiger partial charge in [-0.3, -0.25) is 9.59 Å². The van der Waals surface area contributed by atoms with Crippen LogP contribution in [0.25, 0.3) is 0 Å². The Morgan fingerprint density at radius 3 is 1.54 bits per heavy atom. The van der Waals surface area contributed by atoms with Gasteiger partial charge in [0.25, 0.3) is 0 Å². The number of fused-ring (bicyclic) bond motifs is 2. The minimum atomic E-state index is -0.585. The molecule has 8 rings (SSSR count). The highest BCUT2D eigenvalue weighted by molar-refractivity contribution is 6.14. The molecule has 0 aromatic heterocycles. The second-order valence-corrected chi connectivity index (χ2v) is 12.5. The fourth-order valence-corrected chi connectivity index (χ4v) is 9.24. The molecule has 6 aliphatic rings. The van der Waals surface area contributed by atoms with E-state index in [-0.39, 0.29) is 29.3 Å². The van der Waals surface area contributed by atoms with Gasteiger partial charge in [0.05, 0.1) is 0 Å². The normalized spacial score (nSPS) is 35.2. The van der Waals surface area contributed by atoms with E-state index in [1.807, 2.05) is 21.9 Å². The van der Waals surface area contributed by atoms with E-state index in [4.69, 9.17) is 0 Å². The average molecular weight is 469 g/mol. The van der Waals surface area contributed by atoms with Gasteiger partial charge in [0.2, 0.25) is 11.8 Å². The van der Waals surface area contributed by atoms with Crippen LogP contribution in [0.15, 0.2) is 48.5 Å². The summed E-state index contributed by atoms with van der Waals surface area (Å²) in [5.74, 6) is 1.61. The summed E-state index contributed by atoms with van der Waals surface area (Å²) in [6.07, 6.45) is 8.80. The van der Waals surface area contributed by atoms with Crippen molar-refractivity contribution >= 4 is 23.2 Å². The van der Waals surface area contributed by atoms with Crippen molar-refractivity contribution in [2.24, 2.45) is 29.1 Å². The Balaban J connectivity index is 1.33. The molecular formula is C31H36N2O2. The summed E-state index contributed by atoms with van der Waals surface area (Å²) in [6.45, 7) is 4.29. The average Bonchev–Trinajstić information content (AvgIpc) is 3.32. The molecule has 4 saturated carbocycles. The summed E-state index contributed by atoms with van der Waals surface area (Å²) in [4.78, 5) is 33.5. The lowest BCUT2D eigenvalue weighted by atomic mass is 9.46. The molecule has 2 unspecified atom stereocenters. The van der Waals surface area contributed by atoms with E-state index < -0.39 is 5.92 Å². The summed E-state index contributed by atoms with van der Waals surface area (Å²) >= 11 is 0. The van der Waals surface area contributed by atoms with E-state index in [1.165, 1.54) is 30.4 Å². The first kappa shape index (κ1) is 21.6. The number of nitrogens with zero attached hydrogens (tertiary/aromatic N) is 2. The van der Waals surface area contributed by atoms with Crippen LogP contribution in [-0.2, 0) is 22.4 Å². The molecule has 4 bridgehead atoms. The van der Waals surface area contributed by atoms with Crippen molar-refractivity contribution < 1.29 is 9.59 Å². The number of amides is 2. The molecule has 4 heteroatoms. The lowest BCUT2D eigenvalue weighted by Crippen LogP contribution is -2.59. The molecular weight excluding hydrogens is 432 g/mol. The Morgan fingerprint density at radius 2 is 1.11 bits per heavy atom. The molecule has 182 valence electrons. The van der Waals surface area contributed by atoms with Crippen molar-refractivity contribution in [2.75, 3.05) is 9.80 Å². The Bertz CT molecular complexity index is 1100. The van der Waals surface area contributed by atoms with Crippen molar-refractivity contribution in [3.63, 3.8) is 0 Å². The van der Waals surface area contributed by atoms with Gasteiger partial charge in [0.1, 0.15) is 5.92 Å². The standard InChI is InChI=1S/C31H36N2O2/c1-19-11-24-7-3-5-9-26(24)32(19)29(34)28(31-16-21-13-22(17-31)15-23(14-21)18-31)30(35)33-20(2)12-25-8-4-6-10-27(25)33/h3-10,19-23,28H,11-18H2,1-2H3. The van der Waals surface area contributed by atoms with Gasteiger partial charge in [-0.25, -0.2) is 0 Å². The Labute approximate surface area is 208 Å². The van der Waals surface area contributed by atoms with Crippen LogP contribution in [0.4, 0.5) is 11.4 Å². The number of hydrogen-bond acceptors (Lipinski definition) is 2. The minimum absolute atomic E-state index is 0.0611. The maximum atomic E-state index is 14.7. The van der Waals surface area contributed by atoms with Crippen LogP contribution >= 0.6 is 0 Å². The van der Waals surface area contributed by atoms with Crippen LogP contribution in [0.5, 0.6) is 0 Å². The summed E-state index contributed by atoms with van der Waals surface area (Å²) in [7, 11) is 0. The van der Waals surface area contributed by atoms with Crippen molar-refractivity contribution in [1.29, 1.82) is 0 Å². The highest BCUT2D eigenvalue weighted by Gasteiger charge is 2.60. The largest absolute Gasteiger partial charge is 0.308 e. The fourth-order valence-electron chi connectivity index (χ4n) is 9.24. The van der Waals surface area contributed by atoms with Gasteiger partial charge in [0, 0.05) is 23.5 Å². The van der Waals surface area contributed by atoms with E-state index in [9.17, 15) is 9.59 Å². The predicted octanol–water partition coefficient (Wildman–Crippen LogP) is 5.77. The molecule has 0 saturated heterocycles. The molecule has 2 aliphatic heterocycles. The zero-order valence-electron chi connectivity index (χ0n) is 21.0. The molecule has 35 heavy (non-hydrogen) atoms. The molecule has 2 atom stereocenters. The van der Waals surface area contributed by atoms with Gasteiger partial charge < -0.3 is 9.80 Å². The molecule has 4 nitrogen and oxygen atoms in total. The van der Waals surface area contributed by atoms with Gasteiger partial charge in [-0.2, -0.15) is 0 Å². The van der Waals surface area contributed by atoms with E-state index in [2.05, 4.69) is 50.2 Å². The first-order valence-corrected chi connectivity index (χ1v) is 13.8. The molecule has 2 aromatic rings. The van der Waals surface area contributed by atoms with E-state index in [0.717, 1.165) is 43.5 Å². The zero-order chi connectivity index (χ0) is 23.9. The van der Waals surface area contributed by atoms with Gasteiger partial charge in [-0.05, 0) is 112 Å². The van der Waals surface area contributed by atoms with E-state index in [0.29, 0.717) is 17.8 Å². The Kier molecular flexibility index (Phi) is 4.75. The Hall–Kier alpha value is -2.62. The van der Waals surface area contributed by atoms with Crippen molar-refractivity contribution in [3.05, 3.63) is 59.7 Å². The Morgan fingerprint density at radius 1 is 0.714 bits per heavy atom. The van der Waals surface area contributed by atoms with Crippen molar-refractivity contribution in [1.82, 2.24) is 0 Å². The van der Waals surface area contributed by atoms with Crippen LogP contribution in [0.1, 0.15) is 63.5 Å². The number of para-hydroxylation sites is 2. The molecule has 4 aliphatic carbocycles. The summed E-state index contributed by atoms with van der Waals surface area (Å²) in [5.41, 5.74) is 4.30. The molecule has 2 amide bonds. The SMILES string of the molecule is CC1Cc2ccccc2N1C(=O)C(C(=O)N1c2ccccc2CC1C)C12CC3CC(CC(C3)C1)C2. The van der Waals surface area contributed by atoms with E-state index in [1.54, 1.807) is 0 Å². The highest BCUT2D eigenvalue weighted by atomic mass is 16.2. The molecule has 0 spiro atoms. The number of carbonyl (C=O) groups is 2. The lowest BCUT2D eigenvalue weighted by Gasteiger charge is -2.59. The van der Waals surface area contributed by atoms with Crippen LogP contribution < -0.4 is 9.80 Å². The van der Waals surface area contributed by atoms with Crippen LogP contribution in [-0.4, -0.2) is 23.9 Å². The third kappa shape index (κ3) is 3.17. The molecule has 2 heterocycles. The first-order valence-electron chi connectivity index (χ1n) is 13.8. The number of carbonyl (C=O) groups excluding carboxylic acids is 2. The predicted molar refractivity (Wildman–Crippen MR) is 138 cm³/mol. The fraction of sp³-hybridized carbons (Fsp3) is 0.548. The van der Waals surface area contributed by atoms with Gasteiger partial charge >= 0.3 is 0 Å². The topological polar surface area (TPSA) is 40.6 Å². The summed E-state index contributed by atoms with van der Waals surface area (Å²) < 4.78 is 0. The third-order valence-electron chi connectivity index (χ3n) is 10.1. The zero-order valence-corrected chi connectivity index (χ0v) is 21.0. The summed E-state index contributed by atoms with van der Waals surface area (Å²) in [5, 5.41) is 0. The minimum Gasteiger partial charge on any atom is -0.308 e. The van der Waals surface area contributed by atoms with Crippen molar-refractivity contribution in [2.45, 2.75) is 77.3 Å². The number of benzene rings is 2. The highest BCUT2D eigenvalue weighted by Crippen LogP contribution is 2.63.